The van der Waals surface area contributed by atoms with Gasteiger partial charge in [-0.1, -0.05) is 12.1 Å². The molecule has 1 aromatic carbocycles. The number of aliphatic hydroxyl groups is 2. The molecule has 0 bridgehead atoms. The van der Waals surface area contributed by atoms with E-state index in [4.69, 9.17) is 14.2 Å². The molecule has 1 saturated heterocycles. The molecule has 8 nitrogen and oxygen atoms in total. The molecule has 0 radical (unpaired) electrons. The fraction of sp³-hybridized carbons (Fsp3) is 0.412. The van der Waals surface area contributed by atoms with Gasteiger partial charge in [-0.3, -0.25) is 4.79 Å². The minimum atomic E-state index is -1.55. The number of benzene rings is 1. The summed E-state index contributed by atoms with van der Waals surface area (Å²) in [5, 5.41) is 29.3. The fourth-order valence-corrected chi connectivity index (χ4v) is 2.42. The van der Waals surface area contributed by atoms with Crippen LogP contribution in [0.25, 0.3) is 6.08 Å². The lowest BCUT2D eigenvalue weighted by Gasteiger charge is -2.40. The van der Waals surface area contributed by atoms with E-state index in [9.17, 15) is 24.9 Å². The number of ether oxygens (including phenoxy) is 3. The van der Waals surface area contributed by atoms with E-state index in [0.717, 1.165) is 6.08 Å². The molecule has 0 amide bonds. The van der Waals surface area contributed by atoms with Crippen LogP contribution >= 0.6 is 0 Å². The molecule has 1 heterocycles. The molecule has 0 aliphatic carbocycles. The molecule has 0 saturated carbocycles. The molecule has 0 spiro atoms. The predicted octanol–water partition coefficient (Wildman–Crippen LogP) is 0.347. The molecule has 0 unspecified atom stereocenters. The minimum absolute atomic E-state index is 0.0935. The summed E-state index contributed by atoms with van der Waals surface area (Å²) in [6.45, 7) is 2.69. The monoisotopic (exact) mass is 352 g/mol. The highest BCUT2D eigenvalue weighted by Crippen LogP contribution is 2.25. The van der Waals surface area contributed by atoms with E-state index in [1.54, 1.807) is 12.1 Å². The van der Waals surface area contributed by atoms with Crippen LogP contribution in [0, 0.1) is 0 Å². The first-order valence-electron chi connectivity index (χ1n) is 7.64. The van der Waals surface area contributed by atoms with Gasteiger partial charge in [0.1, 0.15) is 11.9 Å². The Kier molecular flexibility index (Phi) is 6.13. The molecule has 3 N–H and O–H groups in total. The van der Waals surface area contributed by atoms with Crippen molar-refractivity contribution in [2.24, 2.45) is 0 Å². The van der Waals surface area contributed by atoms with Crippen LogP contribution in [0.1, 0.15) is 19.4 Å². The highest BCUT2D eigenvalue weighted by molar-refractivity contribution is 5.87. The minimum Gasteiger partial charge on any atom is -0.508 e. The number of aliphatic hydroxyl groups excluding tert-OH is 2. The van der Waals surface area contributed by atoms with Crippen LogP contribution in [0.5, 0.6) is 5.75 Å². The lowest BCUT2D eigenvalue weighted by Crippen LogP contribution is -2.59. The van der Waals surface area contributed by atoms with Crippen LogP contribution < -0.4 is 0 Å². The maximum Gasteiger partial charge on any atom is 0.331 e. The molecule has 1 aromatic rings. The summed E-state index contributed by atoms with van der Waals surface area (Å²) in [4.78, 5) is 23.0. The number of aromatic hydroxyl groups is 1. The highest BCUT2D eigenvalue weighted by atomic mass is 16.7. The molecule has 1 aliphatic heterocycles. The van der Waals surface area contributed by atoms with Gasteiger partial charge in [0.25, 0.3) is 0 Å². The topological polar surface area (TPSA) is 123 Å². The Bertz CT molecular complexity index is 639. The quantitative estimate of drug-likeness (QED) is 0.524. The van der Waals surface area contributed by atoms with Crippen molar-refractivity contribution in [1.82, 2.24) is 0 Å². The molecular formula is C17H20O8. The van der Waals surface area contributed by atoms with Crippen molar-refractivity contribution in [2.75, 3.05) is 0 Å². The van der Waals surface area contributed by atoms with Crippen molar-refractivity contribution in [2.45, 2.75) is 44.6 Å². The third-order valence-corrected chi connectivity index (χ3v) is 3.63. The van der Waals surface area contributed by atoms with E-state index in [2.05, 4.69) is 0 Å². The van der Waals surface area contributed by atoms with Gasteiger partial charge in [0, 0.05) is 13.0 Å². The first kappa shape index (κ1) is 18.9. The number of carbonyl (C=O) groups is 2. The summed E-state index contributed by atoms with van der Waals surface area (Å²) in [6.07, 6.45) is -3.69. The number of esters is 2. The number of hydrogen-bond donors (Lipinski definition) is 3. The molecule has 2 rings (SSSR count). The molecule has 136 valence electrons. The van der Waals surface area contributed by atoms with Gasteiger partial charge in [-0.25, -0.2) is 4.79 Å². The van der Waals surface area contributed by atoms with E-state index in [1.807, 2.05) is 0 Å². The summed E-state index contributed by atoms with van der Waals surface area (Å²) in [6, 6.07) is 6.09. The Balaban J connectivity index is 2.02. The van der Waals surface area contributed by atoms with Gasteiger partial charge in [-0.05, 0) is 30.7 Å². The molecule has 1 fully saturated rings. The number of carbonyl (C=O) groups excluding carboxylic acids is 2. The largest absolute Gasteiger partial charge is 0.508 e. The number of phenols is 1. The first-order valence-corrected chi connectivity index (χ1v) is 7.64. The zero-order valence-corrected chi connectivity index (χ0v) is 13.7. The molecule has 5 atom stereocenters. The van der Waals surface area contributed by atoms with Crippen molar-refractivity contribution >= 4 is 18.0 Å². The first-order chi connectivity index (χ1) is 11.8. The van der Waals surface area contributed by atoms with Crippen LogP contribution in [0.3, 0.4) is 0 Å². The lowest BCUT2D eigenvalue weighted by molar-refractivity contribution is -0.284. The van der Waals surface area contributed by atoms with Gasteiger partial charge < -0.3 is 29.5 Å². The highest BCUT2D eigenvalue weighted by Gasteiger charge is 2.46. The average molecular weight is 352 g/mol. The van der Waals surface area contributed by atoms with Crippen LogP contribution in [0.4, 0.5) is 0 Å². The number of rotatable bonds is 4. The maximum absolute atomic E-state index is 11.9. The molecule has 1 aliphatic rings. The Hall–Kier alpha value is -2.42. The summed E-state index contributed by atoms with van der Waals surface area (Å²) < 4.78 is 15.1. The Morgan fingerprint density at radius 3 is 2.36 bits per heavy atom. The van der Waals surface area contributed by atoms with Gasteiger partial charge in [0.15, 0.2) is 18.5 Å². The molecule has 25 heavy (non-hydrogen) atoms. The van der Waals surface area contributed by atoms with E-state index < -0.39 is 42.6 Å². The third kappa shape index (κ3) is 5.02. The summed E-state index contributed by atoms with van der Waals surface area (Å²) in [5.74, 6) is -1.36. The van der Waals surface area contributed by atoms with E-state index in [0.29, 0.717) is 5.56 Å². The van der Waals surface area contributed by atoms with Gasteiger partial charge in [0.2, 0.25) is 0 Å². The zero-order chi connectivity index (χ0) is 18.6. The second-order valence-corrected chi connectivity index (χ2v) is 5.62. The predicted molar refractivity (Wildman–Crippen MR) is 85.1 cm³/mol. The second kappa shape index (κ2) is 8.11. The molecule has 0 aromatic heterocycles. The molecular weight excluding hydrogens is 332 g/mol. The summed E-state index contributed by atoms with van der Waals surface area (Å²) in [7, 11) is 0. The standard InChI is InChI=1S/C17H20O8/c1-9-15(24-10(2)18)14(21)16(17(22)23-9)25-13(20)8-5-11-3-6-12(19)7-4-11/h3-9,14-17,19,21-22H,1-2H3/b8-5+/t9-,14+,15+,16+,17+/m0/s1. The van der Waals surface area contributed by atoms with E-state index in [1.165, 1.54) is 32.1 Å². The third-order valence-electron chi connectivity index (χ3n) is 3.63. The van der Waals surface area contributed by atoms with Crippen molar-refractivity contribution in [3.05, 3.63) is 35.9 Å². The Labute approximate surface area is 144 Å². The van der Waals surface area contributed by atoms with Crippen LogP contribution in [-0.2, 0) is 23.8 Å². The van der Waals surface area contributed by atoms with Crippen molar-refractivity contribution < 1.29 is 39.1 Å². The molecule has 8 heteroatoms. The van der Waals surface area contributed by atoms with E-state index >= 15 is 0 Å². The van der Waals surface area contributed by atoms with Crippen LogP contribution in [-0.4, -0.2) is 58.0 Å². The second-order valence-electron chi connectivity index (χ2n) is 5.62. The summed E-state index contributed by atoms with van der Waals surface area (Å²) in [5.41, 5.74) is 0.641. The Morgan fingerprint density at radius 1 is 1.12 bits per heavy atom. The van der Waals surface area contributed by atoms with Crippen LogP contribution in [0.15, 0.2) is 30.3 Å². The number of phenolic OH excluding ortho intramolecular Hbond substituents is 1. The smallest absolute Gasteiger partial charge is 0.331 e. The summed E-state index contributed by atoms with van der Waals surface area (Å²) >= 11 is 0. The SMILES string of the molecule is CC(=O)O[C@H]1[C@@H](O)[C@@H](OC(=O)/C=C/c2ccc(O)cc2)[C@H](O)O[C@H]1C. The fourth-order valence-electron chi connectivity index (χ4n) is 2.42. The van der Waals surface area contributed by atoms with Gasteiger partial charge in [0.05, 0.1) is 6.10 Å². The Morgan fingerprint density at radius 2 is 1.76 bits per heavy atom. The maximum atomic E-state index is 11.9. The van der Waals surface area contributed by atoms with Gasteiger partial charge in [-0.15, -0.1) is 0 Å². The van der Waals surface area contributed by atoms with Crippen molar-refractivity contribution in [3.63, 3.8) is 0 Å². The number of hydrogen-bond acceptors (Lipinski definition) is 8. The zero-order valence-electron chi connectivity index (χ0n) is 13.7. The van der Waals surface area contributed by atoms with Gasteiger partial charge >= 0.3 is 11.9 Å². The van der Waals surface area contributed by atoms with Gasteiger partial charge in [-0.2, -0.15) is 0 Å². The van der Waals surface area contributed by atoms with Crippen molar-refractivity contribution in [3.8, 4) is 5.75 Å². The van der Waals surface area contributed by atoms with E-state index in [-0.39, 0.29) is 5.75 Å². The average Bonchev–Trinajstić information content (AvgIpc) is 2.54. The lowest BCUT2D eigenvalue weighted by atomic mass is 9.99. The van der Waals surface area contributed by atoms with Crippen LogP contribution in [0.2, 0.25) is 0 Å². The normalized spacial score (nSPS) is 29.4. The van der Waals surface area contributed by atoms with Crippen molar-refractivity contribution in [1.29, 1.82) is 0 Å².